The molecule has 0 aliphatic rings. The first-order valence-corrected chi connectivity index (χ1v) is 11.4. The van der Waals surface area contributed by atoms with Gasteiger partial charge in [-0.25, -0.2) is 9.97 Å². The summed E-state index contributed by atoms with van der Waals surface area (Å²) in [4.78, 5) is 33.9. The average molecular weight is 553 g/mol. The largest absolute Gasteiger partial charge is 0.328 e. The van der Waals surface area contributed by atoms with Crippen LogP contribution in [0.5, 0.6) is 0 Å². The van der Waals surface area contributed by atoms with Crippen LogP contribution in [0.15, 0.2) is 85.2 Å². The fraction of sp³-hybridized carbons (Fsp3) is 0.0400. The molecule has 0 amide bonds. The summed E-state index contributed by atoms with van der Waals surface area (Å²) in [6, 6.07) is 23.5. The van der Waals surface area contributed by atoms with Gasteiger partial charge < -0.3 is 5.21 Å². The highest BCUT2D eigenvalue weighted by Gasteiger charge is 2.03. The molecule has 6 aromatic rings. The molecule has 38 heavy (non-hydrogen) atoms. The van der Waals surface area contributed by atoms with Crippen molar-refractivity contribution in [2.45, 2.75) is 0 Å². The van der Waals surface area contributed by atoms with Gasteiger partial charge >= 0.3 is 0 Å². The number of hydrogen-bond donors (Lipinski definition) is 1. The molecule has 0 saturated heterocycles. The van der Waals surface area contributed by atoms with E-state index in [-0.39, 0.29) is 0 Å². The Hall–Kier alpha value is -4.74. The van der Waals surface area contributed by atoms with Gasteiger partial charge in [0.15, 0.2) is 7.05 Å². The summed E-state index contributed by atoms with van der Waals surface area (Å²) in [6.45, 7) is 0. The molecule has 0 unspecified atom stereocenters. The molecule has 0 saturated carbocycles. The Morgan fingerprint density at radius 1 is 0.632 bits per heavy atom. The highest BCUT2D eigenvalue weighted by atomic mass is 35.5. The molecule has 0 spiro atoms. The number of pyridine rings is 4. The molecule has 0 aliphatic heterocycles. The standard InChI is InChI=1S/2C12H7ClN2.CH3NO2.HNO3/c2*13-10-6-5-9-4-3-8-2-1-7-14-11(8)12(9)15-10;1-2(3)4;2-1(3)4/h2*1-7H;1H3;(H,2,3,4). The Morgan fingerprint density at radius 2 is 0.921 bits per heavy atom. The Kier molecular flexibility index (Phi) is 9.52. The molecule has 13 heteroatoms. The minimum Gasteiger partial charge on any atom is -0.328 e. The van der Waals surface area contributed by atoms with Crippen LogP contribution in [0.3, 0.4) is 0 Å². The summed E-state index contributed by atoms with van der Waals surface area (Å²) < 4.78 is 0. The highest BCUT2D eigenvalue weighted by Crippen LogP contribution is 2.24. The van der Waals surface area contributed by atoms with Gasteiger partial charge in [0.05, 0.1) is 22.1 Å². The van der Waals surface area contributed by atoms with Crippen LogP contribution in [0.25, 0.3) is 43.6 Å². The summed E-state index contributed by atoms with van der Waals surface area (Å²) in [6.07, 6.45) is 3.54. The van der Waals surface area contributed by atoms with Crippen molar-refractivity contribution in [1.82, 2.24) is 19.9 Å². The summed E-state index contributed by atoms with van der Waals surface area (Å²) in [5.41, 5.74) is 3.52. The summed E-state index contributed by atoms with van der Waals surface area (Å²) in [7, 11) is 0.889. The van der Waals surface area contributed by atoms with Gasteiger partial charge in [-0.05, 0) is 36.4 Å². The van der Waals surface area contributed by atoms with Gasteiger partial charge in [0.1, 0.15) is 10.3 Å². The third-order valence-electron chi connectivity index (χ3n) is 4.80. The molecule has 0 bridgehead atoms. The Balaban J connectivity index is 0.000000165. The lowest BCUT2D eigenvalue weighted by Gasteiger charge is -2.01. The summed E-state index contributed by atoms with van der Waals surface area (Å²) in [5.74, 6) is 0. The topological polar surface area (TPSA) is 158 Å². The molecule has 2 aromatic carbocycles. The molecule has 0 aliphatic carbocycles. The van der Waals surface area contributed by atoms with Gasteiger partial charge in [-0.2, -0.15) is 0 Å². The predicted molar refractivity (Wildman–Crippen MR) is 146 cm³/mol. The van der Waals surface area contributed by atoms with Crippen LogP contribution in [0.2, 0.25) is 10.3 Å². The van der Waals surface area contributed by atoms with Crippen molar-refractivity contribution in [1.29, 1.82) is 0 Å². The number of hydrogen-bond acceptors (Lipinski definition) is 8. The van der Waals surface area contributed by atoms with Crippen molar-refractivity contribution in [2.24, 2.45) is 0 Å². The zero-order valence-electron chi connectivity index (χ0n) is 19.6. The average Bonchev–Trinajstić information content (AvgIpc) is 2.88. The maximum absolute atomic E-state index is 8.81. The highest BCUT2D eigenvalue weighted by molar-refractivity contribution is 6.30. The molecular weight excluding hydrogens is 535 g/mol. The van der Waals surface area contributed by atoms with E-state index in [0.717, 1.165) is 50.7 Å². The van der Waals surface area contributed by atoms with Gasteiger partial charge in [-0.3, -0.25) is 20.1 Å². The Labute approximate surface area is 224 Å². The minimum absolute atomic E-state index is 0.500. The summed E-state index contributed by atoms with van der Waals surface area (Å²) >= 11 is 11.8. The smallest absolute Gasteiger partial charge is 0.291 e. The second kappa shape index (κ2) is 13.0. The maximum atomic E-state index is 8.81. The van der Waals surface area contributed by atoms with Crippen molar-refractivity contribution in [3.63, 3.8) is 0 Å². The molecule has 0 fully saturated rings. The number of nitrogens with zero attached hydrogens (tertiary/aromatic N) is 6. The van der Waals surface area contributed by atoms with Crippen molar-refractivity contribution in [3.05, 3.63) is 116 Å². The second-order valence-electron chi connectivity index (χ2n) is 7.37. The lowest BCUT2D eigenvalue weighted by molar-refractivity contribution is -0.742. The number of rotatable bonds is 0. The zero-order chi connectivity index (χ0) is 27.7. The normalized spacial score (nSPS) is 9.97. The van der Waals surface area contributed by atoms with Crippen molar-refractivity contribution >= 4 is 66.8 Å². The van der Waals surface area contributed by atoms with E-state index in [9.17, 15) is 0 Å². The fourth-order valence-electron chi connectivity index (χ4n) is 3.40. The van der Waals surface area contributed by atoms with Crippen LogP contribution < -0.4 is 0 Å². The van der Waals surface area contributed by atoms with Crippen LogP contribution in [0.4, 0.5) is 0 Å². The first-order chi connectivity index (χ1) is 18.2. The van der Waals surface area contributed by atoms with Gasteiger partial charge in [0, 0.05) is 38.9 Å². The Bertz CT molecular complexity index is 1620. The molecule has 6 rings (SSSR count). The van der Waals surface area contributed by atoms with Crippen molar-refractivity contribution in [3.8, 4) is 0 Å². The molecule has 192 valence electrons. The van der Waals surface area contributed by atoms with Crippen LogP contribution in [0, 0.1) is 20.2 Å². The molecule has 11 nitrogen and oxygen atoms in total. The van der Waals surface area contributed by atoms with Crippen LogP contribution in [0.1, 0.15) is 0 Å². The van der Waals surface area contributed by atoms with Gasteiger partial charge in [-0.1, -0.05) is 59.6 Å². The van der Waals surface area contributed by atoms with E-state index >= 15 is 0 Å². The van der Waals surface area contributed by atoms with E-state index in [1.54, 1.807) is 24.5 Å². The number of halogens is 2. The lowest BCUT2D eigenvalue weighted by Crippen LogP contribution is -1.84. The van der Waals surface area contributed by atoms with E-state index in [4.69, 9.17) is 48.6 Å². The summed E-state index contributed by atoms with van der Waals surface area (Å²) in [5, 5.41) is 27.7. The number of fused-ring (bicyclic) bond motifs is 6. The van der Waals surface area contributed by atoms with Gasteiger partial charge in [-0.15, -0.1) is 10.1 Å². The third-order valence-corrected chi connectivity index (χ3v) is 5.22. The van der Waals surface area contributed by atoms with Crippen LogP contribution in [-0.4, -0.2) is 42.2 Å². The van der Waals surface area contributed by atoms with E-state index in [2.05, 4.69) is 19.9 Å². The molecule has 0 radical (unpaired) electrons. The van der Waals surface area contributed by atoms with Crippen LogP contribution in [-0.2, 0) is 0 Å². The zero-order valence-corrected chi connectivity index (χ0v) is 21.1. The predicted octanol–water partition coefficient (Wildman–Crippen LogP) is 6.42. The molecule has 4 aromatic heterocycles. The molecule has 4 heterocycles. The van der Waals surface area contributed by atoms with Crippen molar-refractivity contribution in [2.75, 3.05) is 7.05 Å². The van der Waals surface area contributed by atoms with E-state index in [1.165, 1.54) is 0 Å². The number of aromatic nitrogens is 4. The molecule has 1 N–H and O–H groups in total. The Morgan fingerprint density at radius 3 is 1.26 bits per heavy atom. The van der Waals surface area contributed by atoms with E-state index in [1.807, 2.05) is 60.7 Å². The first-order valence-electron chi connectivity index (χ1n) is 10.7. The quantitative estimate of drug-likeness (QED) is 0.0970. The number of benzene rings is 2. The van der Waals surface area contributed by atoms with Gasteiger partial charge in [0.2, 0.25) is 0 Å². The van der Waals surface area contributed by atoms with Crippen LogP contribution >= 0.6 is 23.2 Å². The van der Waals surface area contributed by atoms with Crippen molar-refractivity contribution < 1.29 is 15.2 Å². The maximum Gasteiger partial charge on any atom is 0.291 e. The molecular formula is C25H18Cl2N6O5. The number of nitro groups is 1. The SMILES string of the molecule is C[N+](=O)[O-].Clc1ccc2ccc3cccnc3c2n1.Clc1ccc2ccc3cccnc3c2n1.O=[N+]([O-])O. The van der Waals surface area contributed by atoms with E-state index in [0.29, 0.717) is 10.3 Å². The minimum atomic E-state index is -1.50. The third kappa shape index (κ3) is 7.63. The second-order valence-corrected chi connectivity index (χ2v) is 8.14. The fourth-order valence-corrected chi connectivity index (χ4v) is 3.69. The first kappa shape index (κ1) is 27.8. The van der Waals surface area contributed by atoms with E-state index < -0.39 is 10.0 Å². The van der Waals surface area contributed by atoms with Gasteiger partial charge in [0.25, 0.3) is 5.09 Å². The molecule has 0 atom stereocenters. The lowest BCUT2D eigenvalue weighted by atomic mass is 10.1. The monoisotopic (exact) mass is 552 g/mol.